The van der Waals surface area contributed by atoms with Gasteiger partial charge < -0.3 is 4.74 Å². The lowest BCUT2D eigenvalue weighted by Gasteiger charge is -2.04. The normalized spacial score (nSPS) is 9.76. The lowest BCUT2D eigenvalue weighted by molar-refractivity contribution is 0.312. The summed E-state index contributed by atoms with van der Waals surface area (Å²) in [6, 6.07) is 0. The number of unbranched alkanes of at least 4 members (excludes halogenated alkanes) is 8. The Bertz CT molecular complexity index is 162. The highest BCUT2D eigenvalue weighted by Gasteiger charge is 1.96. The van der Waals surface area contributed by atoms with E-state index >= 15 is 0 Å². The summed E-state index contributed by atoms with van der Waals surface area (Å²) in [5.41, 5.74) is 0. The minimum atomic E-state index is 0. The van der Waals surface area contributed by atoms with E-state index < -0.39 is 0 Å². The summed E-state index contributed by atoms with van der Waals surface area (Å²) < 4.78 is 5.10. The minimum absolute atomic E-state index is 0. The Morgan fingerprint density at radius 3 is 1.76 bits per heavy atom. The molecule has 0 spiro atoms. The van der Waals surface area contributed by atoms with Crippen molar-refractivity contribution in [3.8, 4) is 0 Å². The smallest absolute Gasteiger partial charge is 0.180 e. The van der Waals surface area contributed by atoms with Gasteiger partial charge in [0.25, 0.3) is 0 Å². The van der Waals surface area contributed by atoms with Crippen LogP contribution in [0.4, 0.5) is 0 Å². The van der Waals surface area contributed by atoms with Gasteiger partial charge in [-0.15, -0.1) is 12.4 Å². The van der Waals surface area contributed by atoms with E-state index in [-0.39, 0.29) is 12.4 Å². The quantitative estimate of drug-likeness (QED) is 0.305. The van der Waals surface area contributed by atoms with Crippen LogP contribution < -0.4 is 0 Å². The van der Waals surface area contributed by atoms with Crippen molar-refractivity contribution in [3.05, 3.63) is 0 Å². The van der Waals surface area contributed by atoms with Crippen molar-refractivity contribution in [3.63, 3.8) is 0 Å². The van der Waals surface area contributed by atoms with Gasteiger partial charge in [0.1, 0.15) is 0 Å². The summed E-state index contributed by atoms with van der Waals surface area (Å²) >= 11 is 0. The van der Waals surface area contributed by atoms with Crippen LogP contribution in [-0.4, -0.2) is 12.5 Å². The van der Waals surface area contributed by atoms with Gasteiger partial charge in [-0.3, -0.25) is 5.41 Å². The van der Waals surface area contributed by atoms with Crippen molar-refractivity contribution >= 4 is 18.3 Å². The van der Waals surface area contributed by atoms with Gasteiger partial charge in [-0.1, -0.05) is 58.3 Å². The van der Waals surface area contributed by atoms with Crippen molar-refractivity contribution in [2.45, 2.75) is 78.1 Å². The highest BCUT2D eigenvalue weighted by atomic mass is 35.5. The van der Waals surface area contributed by atoms with E-state index in [1.807, 2.05) is 6.92 Å². The first-order chi connectivity index (χ1) is 7.81. The molecule has 2 nitrogen and oxygen atoms in total. The van der Waals surface area contributed by atoms with Crippen LogP contribution in [-0.2, 0) is 4.74 Å². The van der Waals surface area contributed by atoms with Gasteiger partial charge in [-0.25, -0.2) is 0 Å². The summed E-state index contributed by atoms with van der Waals surface area (Å²) in [5.74, 6) is 0.463. The van der Waals surface area contributed by atoms with E-state index in [1.54, 1.807) is 0 Å². The molecule has 0 radical (unpaired) electrons. The largest absolute Gasteiger partial charge is 0.481 e. The van der Waals surface area contributed by atoms with Crippen molar-refractivity contribution in [2.75, 3.05) is 6.61 Å². The second-order valence-electron chi connectivity index (χ2n) is 4.43. The molecule has 0 saturated carbocycles. The molecule has 0 unspecified atom stereocenters. The minimum Gasteiger partial charge on any atom is -0.481 e. The summed E-state index contributed by atoms with van der Waals surface area (Å²) in [4.78, 5) is 0. The molecule has 0 rings (SSSR count). The van der Waals surface area contributed by atoms with Crippen LogP contribution in [0.2, 0.25) is 0 Å². The predicted octanol–water partition coefficient (Wildman–Crippen LogP) is 5.34. The third-order valence-electron chi connectivity index (χ3n) is 2.83. The van der Waals surface area contributed by atoms with E-state index in [1.165, 1.54) is 51.4 Å². The average molecular weight is 264 g/mol. The molecular weight excluding hydrogens is 234 g/mol. The van der Waals surface area contributed by atoms with Gasteiger partial charge in [-0.05, 0) is 13.3 Å². The molecule has 0 saturated heterocycles. The highest BCUT2D eigenvalue weighted by Crippen LogP contribution is 2.10. The van der Waals surface area contributed by atoms with E-state index in [9.17, 15) is 0 Å². The fourth-order valence-electron chi connectivity index (χ4n) is 1.84. The monoisotopic (exact) mass is 263 g/mol. The molecule has 0 aromatic rings. The average Bonchev–Trinajstić information content (AvgIpc) is 2.27. The zero-order chi connectivity index (χ0) is 12.1. The Labute approximate surface area is 113 Å². The maximum Gasteiger partial charge on any atom is 0.180 e. The lowest BCUT2D eigenvalue weighted by atomic mass is 10.1. The van der Waals surface area contributed by atoms with Crippen LogP contribution in [0.1, 0.15) is 78.1 Å². The number of rotatable bonds is 11. The fourth-order valence-corrected chi connectivity index (χ4v) is 1.84. The molecule has 0 aliphatic heterocycles. The zero-order valence-electron chi connectivity index (χ0n) is 11.6. The van der Waals surface area contributed by atoms with Crippen LogP contribution in [0.15, 0.2) is 0 Å². The van der Waals surface area contributed by atoms with Gasteiger partial charge >= 0.3 is 0 Å². The summed E-state index contributed by atoms with van der Waals surface area (Å²) in [5, 5.41) is 7.46. The molecule has 1 N–H and O–H groups in total. The van der Waals surface area contributed by atoms with Crippen molar-refractivity contribution in [1.29, 1.82) is 5.41 Å². The summed E-state index contributed by atoms with van der Waals surface area (Å²) in [6.07, 6.45) is 12.8. The van der Waals surface area contributed by atoms with Gasteiger partial charge in [0.05, 0.1) is 6.61 Å². The van der Waals surface area contributed by atoms with Crippen LogP contribution in [0.25, 0.3) is 0 Å². The fraction of sp³-hybridized carbons (Fsp3) is 0.929. The molecule has 0 heterocycles. The molecule has 0 amide bonds. The molecular formula is C14H30ClNO. The standard InChI is InChI=1S/C14H29NO.ClH/c1-3-5-6-7-8-9-10-11-12-13-14(15)16-4-2;/h15H,3-13H2,1-2H3;1H. The van der Waals surface area contributed by atoms with E-state index in [4.69, 9.17) is 10.1 Å². The molecule has 0 fully saturated rings. The second kappa shape index (κ2) is 15.8. The Morgan fingerprint density at radius 1 is 0.824 bits per heavy atom. The summed E-state index contributed by atoms with van der Waals surface area (Å²) in [6.45, 7) is 4.83. The summed E-state index contributed by atoms with van der Waals surface area (Å²) in [7, 11) is 0. The van der Waals surface area contributed by atoms with Crippen LogP contribution in [0, 0.1) is 5.41 Å². The topological polar surface area (TPSA) is 33.1 Å². The van der Waals surface area contributed by atoms with Crippen molar-refractivity contribution in [1.82, 2.24) is 0 Å². The number of hydrogen-bond acceptors (Lipinski definition) is 2. The van der Waals surface area contributed by atoms with Crippen molar-refractivity contribution in [2.24, 2.45) is 0 Å². The lowest BCUT2D eigenvalue weighted by Crippen LogP contribution is -2.02. The SMILES string of the molecule is CCCCCCCCCCCC(=N)OCC.Cl. The third-order valence-corrected chi connectivity index (χ3v) is 2.83. The Hall–Kier alpha value is -0.240. The molecule has 0 bridgehead atoms. The van der Waals surface area contributed by atoms with Gasteiger partial charge in [0.2, 0.25) is 0 Å². The van der Waals surface area contributed by atoms with Crippen LogP contribution in [0.5, 0.6) is 0 Å². The molecule has 0 aromatic carbocycles. The third kappa shape index (κ3) is 15.8. The van der Waals surface area contributed by atoms with E-state index in [0.717, 1.165) is 12.8 Å². The molecule has 0 aliphatic rings. The molecule has 0 aromatic heterocycles. The molecule has 0 aliphatic carbocycles. The number of ether oxygens (including phenoxy) is 1. The Balaban J connectivity index is 0. The predicted molar refractivity (Wildman–Crippen MR) is 78.4 cm³/mol. The molecule has 104 valence electrons. The maximum absolute atomic E-state index is 7.46. The first-order valence-electron chi connectivity index (χ1n) is 7.01. The zero-order valence-corrected chi connectivity index (χ0v) is 12.4. The number of hydrogen-bond donors (Lipinski definition) is 1. The number of nitrogens with one attached hydrogen (secondary N) is 1. The first-order valence-corrected chi connectivity index (χ1v) is 7.01. The van der Waals surface area contributed by atoms with Crippen LogP contribution in [0.3, 0.4) is 0 Å². The van der Waals surface area contributed by atoms with Crippen LogP contribution >= 0.6 is 12.4 Å². The maximum atomic E-state index is 7.46. The van der Waals surface area contributed by atoms with E-state index in [0.29, 0.717) is 12.5 Å². The second-order valence-corrected chi connectivity index (χ2v) is 4.43. The van der Waals surface area contributed by atoms with Crippen molar-refractivity contribution < 1.29 is 4.74 Å². The first kappa shape index (κ1) is 19.1. The Morgan fingerprint density at radius 2 is 1.29 bits per heavy atom. The van der Waals surface area contributed by atoms with Gasteiger partial charge in [0.15, 0.2) is 5.90 Å². The van der Waals surface area contributed by atoms with Gasteiger partial charge in [0, 0.05) is 6.42 Å². The highest BCUT2D eigenvalue weighted by molar-refractivity contribution is 5.85. The molecule has 17 heavy (non-hydrogen) atoms. The number of halogens is 1. The molecule has 3 heteroatoms. The molecule has 0 atom stereocenters. The van der Waals surface area contributed by atoms with E-state index in [2.05, 4.69) is 6.92 Å². The Kier molecular flexibility index (Phi) is 17.7. The van der Waals surface area contributed by atoms with Gasteiger partial charge in [-0.2, -0.15) is 0 Å².